The van der Waals surface area contributed by atoms with Crippen LogP contribution in [0, 0.1) is 0 Å². The molecule has 7 heteroatoms. The molecule has 0 unspecified atom stereocenters. The van der Waals surface area contributed by atoms with E-state index in [2.05, 4.69) is 25.0 Å². The summed E-state index contributed by atoms with van der Waals surface area (Å²) < 4.78 is 16.4. The van der Waals surface area contributed by atoms with Crippen molar-refractivity contribution in [3.8, 4) is 0 Å². The Hall–Kier alpha value is -0.633. The number of hydrogen-bond donors (Lipinski definition) is 2. The summed E-state index contributed by atoms with van der Waals surface area (Å²) in [5, 5.41) is 13.2. The van der Waals surface area contributed by atoms with Crippen molar-refractivity contribution in [1.82, 2.24) is 5.32 Å². The topological polar surface area (TPSA) is 77.0 Å². The van der Waals surface area contributed by atoms with Crippen LogP contribution in [0.25, 0.3) is 0 Å². The van der Waals surface area contributed by atoms with E-state index >= 15 is 0 Å². The fraction of sp³-hybridized carbons (Fsp3) is 0.944. The maximum Gasteiger partial charge on any atom is 0.407 e. The molecule has 0 aromatic heterocycles. The Kier molecular flexibility index (Phi) is 8.38. The molecule has 0 bridgehead atoms. The molecule has 0 saturated heterocycles. The lowest BCUT2D eigenvalue weighted by molar-refractivity contribution is -0.0799. The smallest absolute Gasteiger partial charge is 0.407 e. The summed E-state index contributed by atoms with van der Waals surface area (Å²) in [6.07, 6.45) is 2.55. The van der Waals surface area contributed by atoms with E-state index < -0.39 is 25.4 Å². The maximum absolute atomic E-state index is 12.0. The lowest BCUT2D eigenvalue weighted by Gasteiger charge is -2.39. The van der Waals surface area contributed by atoms with Crippen LogP contribution in [0.3, 0.4) is 0 Å². The molecule has 148 valence electrons. The summed E-state index contributed by atoms with van der Waals surface area (Å²) in [6, 6.07) is 0.802. The second kappa shape index (κ2) is 9.35. The Bertz CT molecular complexity index is 413. The second-order valence-electron chi connectivity index (χ2n) is 9.33. The molecule has 0 aliphatic heterocycles. The summed E-state index contributed by atoms with van der Waals surface area (Å²) in [6.45, 7) is 13.6. The van der Waals surface area contributed by atoms with Crippen LogP contribution in [-0.4, -0.2) is 56.5 Å². The molecule has 2 N–H and O–H groups in total. The van der Waals surface area contributed by atoms with Gasteiger partial charge in [-0.2, -0.15) is 0 Å². The molecular formula is C18H37NO5Si. The summed E-state index contributed by atoms with van der Waals surface area (Å²) in [7, 11) is -1.10. The number of nitrogens with one attached hydrogen (secondary N) is 1. The molecule has 0 radical (unpaired) electrons. The average molecular weight is 376 g/mol. The van der Waals surface area contributed by atoms with Gasteiger partial charge in [0.1, 0.15) is 12.4 Å². The lowest BCUT2D eigenvalue weighted by Crippen LogP contribution is -2.49. The molecule has 1 amide bonds. The van der Waals surface area contributed by atoms with E-state index in [1.54, 1.807) is 0 Å². The van der Waals surface area contributed by atoms with Gasteiger partial charge in [-0.3, -0.25) is 0 Å². The molecule has 1 saturated carbocycles. The number of hydrogen-bond acceptors (Lipinski definition) is 5. The third-order valence-corrected chi connectivity index (χ3v) is 5.82. The molecular weight excluding hydrogens is 338 g/mol. The van der Waals surface area contributed by atoms with Gasteiger partial charge in [0.25, 0.3) is 0 Å². The fourth-order valence-corrected chi connectivity index (χ4v) is 3.32. The monoisotopic (exact) mass is 375 g/mol. The Balaban J connectivity index is 2.36. The zero-order valence-electron chi connectivity index (χ0n) is 16.8. The van der Waals surface area contributed by atoms with E-state index in [0.717, 1.165) is 25.3 Å². The van der Waals surface area contributed by atoms with Crippen molar-refractivity contribution < 1.29 is 24.1 Å². The lowest BCUT2D eigenvalue weighted by atomic mass is 9.76. The molecule has 1 fully saturated rings. The third kappa shape index (κ3) is 10.8. The van der Waals surface area contributed by atoms with Gasteiger partial charge in [-0.25, -0.2) is 4.79 Å². The largest absolute Gasteiger partial charge is 0.444 e. The third-order valence-electron chi connectivity index (χ3n) is 4.11. The minimum absolute atomic E-state index is 0.204. The zero-order chi connectivity index (χ0) is 19.1. The predicted molar refractivity (Wildman–Crippen MR) is 101 cm³/mol. The molecule has 0 aromatic rings. The summed E-state index contributed by atoms with van der Waals surface area (Å²) in [4.78, 5) is 12.0. The van der Waals surface area contributed by atoms with Crippen molar-refractivity contribution >= 4 is 14.2 Å². The van der Waals surface area contributed by atoms with Crippen molar-refractivity contribution in [3.05, 3.63) is 0 Å². The first kappa shape index (κ1) is 22.4. The number of carbonyl (C=O) groups is 1. The van der Waals surface area contributed by atoms with Crippen molar-refractivity contribution in [2.75, 3.05) is 20.0 Å². The van der Waals surface area contributed by atoms with E-state index in [4.69, 9.17) is 14.2 Å². The molecule has 0 aromatic carbocycles. The number of amides is 1. The van der Waals surface area contributed by atoms with Gasteiger partial charge in [-0.1, -0.05) is 19.6 Å². The summed E-state index contributed by atoms with van der Waals surface area (Å²) >= 11 is 0. The molecule has 6 nitrogen and oxygen atoms in total. The summed E-state index contributed by atoms with van der Waals surface area (Å²) in [5.74, 6) is 0. The number of carbonyl (C=O) groups excluding carboxylic acids is 1. The van der Waals surface area contributed by atoms with E-state index in [1.165, 1.54) is 0 Å². The highest BCUT2D eigenvalue weighted by Gasteiger charge is 2.37. The fourth-order valence-electron chi connectivity index (χ4n) is 2.56. The first-order valence-corrected chi connectivity index (χ1v) is 13.0. The van der Waals surface area contributed by atoms with E-state index in [-0.39, 0.29) is 12.8 Å². The zero-order valence-corrected chi connectivity index (χ0v) is 17.8. The quantitative estimate of drug-likeness (QED) is 0.347. The predicted octanol–water partition coefficient (Wildman–Crippen LogP) is 3.51. The highest BCUT2D eigenvalue weighted by atomic mass is 28.3. The van der Waals surface area contributed by atoms with Crippen LogP contribution in [0.2, 0.25) is 25.7 Å². The maximum atomic E-state index is 12.0. The van der Waals surface area contributed by atoms with E-state index in [1.807, 2.05) is 20.8 Å². The SMILES string of the molecule is CC(C)(C)OC(=O)N[C@@H](COCOCC[Si](C)(C)C)CC1(O)CCC1. The van der Waals surface area contributed by atoms with Gasteiger partial charge < -0.3 is 24.6 Å². The molecule has 0 heterocycles. The minimum Gasteiger partial charge on any atom is -0.444 e. The second-order valence-corrected chi connectivity index (χ2v) is 15.0. The van der Waals surface area contributed by atoms with Gasteiger partial charge in [-0.05, 0) is 52.5 Å². The summed E-state index contributed by atoms with van der Waals surface area (Å²) in [5.41, 5.74) is -1.25. The van der Waals surface area contributed by atoms with Crippen LogP contribution in [0.15, 0.2) is 0 Å². The molecule has 1 aliphatic rings. The van der Waals surface area contributed by atoms with E-state index in [9.17, 15) is 9.90 Å². The first-order chi connectivity index (χ1) is 11.4. The Labute approximate surface area is 153 Å². The van der Waals surface area contributed by atoms with Gasteiger partial charge in [0.2, 0.25) is 0 Å². The van der Waals surface area contributed by atoms with Crippen LogP contribution in [0.1, 0.15) is 46.5 Å². The molecule has 1 aliphatic carbocycles. The molecule has 1 atom stereocenters. The highest BCUT2D eigenvalue weighted by Crippen LogP contribution is 2.35. The molecule has 0 spiro atoms. The number of ether oxygens (including phenoxy) is 3. The molecule has 1 rings (SSSR count). The number of alkyl carbamates (subject to hydrolysis) is 1. The van der Waals surface area contributed by atoms with Crippen molar-refractivity contribution in [2.24, 2.45) is 0 Å². The van der Waals surface area contributed by atoms with Crippen molar-refractivity contribution in [2.45, 2.75) is 89.4 Å². The van der Waals surface area contributed by atoms with Gasteiger partial charge in [0.15, 0.2) is 0 Å². The van der Waals surface area contributed by atoms with Gasteiger partial charge in [0.05, 0.1) is 18.2 Å². The van der Waals surface area contributed by atoms with Crippen LogP contribution >= 0.6 is 0 Å². The van der Waals surface area contributed by atoms with Crippen molar-refractivity contribution in [1.29, 1.82) is 0 Å². The van der Waals surface area contributed by atoms with Crippen LogP contribution in [0.4, 0.5) is 4.79 Å². The number of aliphatic hydroxyl groups is 1. The van der Waals surface area contributed by atoms with Gasteiger partial charge in [0, 0.05) is 14.7 Å². The Morgan fingerprint density at radius 1 is 1.24 bits per heavy atom. The van der Waals surface area contributed by atoms with Gasteiger partial charge >= 0.3 is 6.09 Å². The van der Waals surface area contributed by atoms with Crippen LogP contribution < -0.4 is 5.32 Å². The minimum atomic E-state index is -1.10. The normalized spacial score (nSPS) is 18.4. The van der Waals surface area contributed by atoms with Crippen LogP contribution in [-0.2, 0) is 14.2 Å². The van der Waals surface area contributed by atoms with Crippen LogP contribution in [0.5, 0.6) is 0 Å². The van der Waals surface area contributed by atoms with E-state index in [0.29, 0.717) is 19.6 Å². The number of rotatable bonds is 10. The first-order valence-electron chi connectivity index (χ1n) is 9.26. The standard InChI is InChI=1S/C18H37NO5Si/c1-17(2,3)24-16(20)19-15(12-18(21)8-7-9-18)13-23-14-22-10-11-25(4,5)6/h15,21H,7-14H2,1-6H3,(H,19,20)/t15-/m1/s1. The van der Waals surface area contributed by atoms with Crippen molar-refractivity contribution in [3.63, 3.8) is 0 Å². The van der Waals surface area contributed by atoms with Gasteiger partial charge in [-0.15, -0.1) is 0 Å². The Morgan fingerprint density at radius 2 is 1.88 bits per heavy atom. The highest BCUT2D eigenvalue weighted by molar-refractivity contribution is 6.76. The molecule has 25 heavy (non-hydrogen) atoms. The average Bonchev–Trinajstić information content (AvgIpc) is 2.37. The Morgan fingerprint density at radius 3 is 2.36 bits per heavy atom.